The molecule has 2 N–H and O–H groups in total. The van der Waals surface area contributed by atoms with Crippen LogP contribution in [0.1, 0.15) is 44.4 Å². The van der Waals surface area contributed by atoms with Gasteiger partial charge in [0.25, 0.3) is 0 Å². The molecule has 0 aliphatic heterocycles. The summed E-state index contributed by atoms with van der Waals surface area (Å²) in [4.78, 5) is 0. The fourth-order valence-corrected chi connectivity index (χ4v) is 2.44. The summed E-state index contributed by atoms with van der Waals surface area (Å²) in [7, 11) is 0. The first-order valence-corrected chi connectivity index (χ1v) is 6.42. The summed E-state index contributed by atoms with van der Waals surface area (Å²) in [5.74, 6) is 0. The van der Waals surface area contributed by atoms with Crippen molar-refractivity contribution < 1.29 is 5.11 Å². The van der Waals surface area contributed by atoms with Gasteiger partial charge in [0, 0.05) is 17.5 Å². The third kappa shape index (κ3) is 2.38. The number of rotatable bonds is 3. The van der Waals surface area contributed by atoms with E-state index in [1.807, 2.05) is 0 Å². The summed E-state index contributed by atoms with van der Waals surface area (Å²) < 4.78 is 0. The Labute approximate surface area is 104 Å². The average molecular weight is 233 g/mol. The molecule has 3 atom stereocenters. The smallest absolute Gasteiger partial charge is 0.0621 e. The second-order valence-electron chi connectivity index (χ2n) is 5.92. The number of benzene rings is 1. The van der Waals surface area contributed by atoms with Crippen LogP contribution in [-0.2, 0) is 0 Å². The van der Waals surface area contributed by atoms with Crippen molar-refractivity contribution in [1.29, 1.82) is 0 Å². The molecule has 1 aromatic carbocycles. The number of aryl methyl sites for hydroxylation is 1. The van der Waals surface area contributed by atoms with E-state index in [0.717, 1.165) is 6.42 Å². The lowest BCUT2D eigenvalue weighted by atomic mass is 9.64. The van der Waals surface area contributed by atoms with Crippen LogP contribution in [0.25, 0.3) is 0 Å². The highest BCUT2D eigenvalue weighted by molar-refractivity contribution is 5.24. The van der Waals surface area contributed by atoms with Crippen LogP contribution >= 0.6 is 0 Å². The van der Waals surface area contributed by atoms with Crippen molar-refractivity contribution >= 4 is 0 Å². The second kappa shape index (κ2) is 4.43. The number of aliphatic hydroxyl groups is 1. The number of aliphatic hydroxyl groups excluding tert-OH is 1. The maximum Gasteiger partial charge on any atom is 0.0621 e. The summed E-state index contributed by atoms with van der Waals surface area (Å²) in [6.45, 7) is 8.54. The SMILES string of the molecule is Cc1ccc([C@H](C)NC2CC(O)C2(C)C)cc1. The van der Waals surface area contributed by atoms with Crippen LogP contribution in [0.4, 0.5) is 0 Å². The summed E-state index contributed by atoms with van der Waals surface area (Å²) in [5, 5.41) is 13.3. The molecule has 1 aliphatic rings. The topological polar surface area (TPSA) is 32.3 Å². The molecule has 2 rings (SSSR count). The maximum absolute atomic E-state index is 9.73. The fourth-order valence-electron chi connectivity index (χ4n) is 2.44. The molecule has 0 spiro atoms. The van der Waals surface area contributed by atoms with Gasteiger partial charge in [-0.2, -0.15) is 0 Å². The third-order valence-corrected chi connectivity index (χ3v) is 4.24. The first-order valence-electron chi connectivity index (χ1n) is 6.42. The van der Waals surface area contributed by atoms with Gasteiger partial charge in [-0.15, -0.1) is 0 Å². The van der Waals surface area contributed by atoms with Gasteiger partial charge in [-0.05, 0) is 25.8 Å². The molecule has 1 aromatic rings. The Hall–Kier alpha value is -0.860. The average Bonchev–Trinajstić information content (AvgIpc) is 2.29. The minimum atomic E-state index is -0.162. The number of hydrogen-bond donors (Lipinski definition) is 2. The van der Waals surface area contributed by atoms with Crippen molar-refractivity contribution in [2.45, 2.75) is 52.3 Å². The molecule has 17 heavy (non-hydrogen) atoms. The van der Waals surface area contributed by atoms with Gasteiger partial charge in [0.05, 0.1) is 6.10 Å². The lowest BCUT2D eigenvalue weighted by Gasteiger charge is -2.50. The molecule has 2 heteroatoms. The molecule has 1 saturated carbocycles. The molecule has 0 amide bonds. The van der Waals surface area contributed by atoms with Crippen LogP contribution in [0.5, 0.6) is 0 Å². The summed E-state index contributed by atoms with van der Waals surface area (Å²) in [6, 6.07) is 9.40. The predicted octanol–water partition coefficient (Wildman–Crippen LogP) is 2.81. The summed E-state index contributed by atoms with van der Waals surface area (Å²) >= 11 is 0. The molecule has 0 heterocycles. The molecule has 2 unspecified atom stereocenters. The monoisotopic (exact) mass is 233 g/mol. The lowest BCUT2D eigenvalue weighted by molar-refractivity contribution is -0.0754. The van der Waals surface area contributed by atoms with Gasteiger partial charge < -0.3 is 10.4 Å². The second-order valence-corrected chi connectivity index (χ2v) is 5.92. The molecule has 0 bridgehead atoms. The highest BCUT2D eigenvalue weighted by atomic mass is 16.3. The quantitative estimate of drug-likeness (QED) is 0.841. The molecule has 0 saturated heterocycles. The van der Waals surface area contributed by atoms with Crippen molar-refractivity contribution in [3.63, 3.8) is 0 Å². The van der Waals surface area contributed by atoms with Crippen LogP contribution < -0.4 is 5.32 Å². The Balaban J connectivity index is 1.98. The van der Waals surface area contributed by atoms with Crippen molar-refractivity contribution in [2.75, 3.05) is 0 Å². The largest absolute Gasteiger partial charge is 0.392 e. The summed E-state index contributed by atoms with van der Waals surface area (Å²) in [6.07, 6.45) is 0.702. The van der Waals surface area contributed by atoms with E-state index >= 15 is 0 Å². The molecule has 0 radical (unpaired) electrons. The Morgan fingerprint density at radius 2 is 1.88 bits per heavy atom. The van der Waals surface area contributed by atoms with E-state index < -0.39 is 0 Å². The predicted molar refractivity (Wildman–Crippen MR) is 70.9 cm³/mol. The Morgan fingerprint density at radius 1 is 1.29 bits per heavy atom. The van der Waals surface area contributed by atoms with E-state index in [-0.39, 0.29) is 11.5 Å². The van der Waals surface area contributed by atoms with Crippen LogP contribution in [0, 0.1) is 12.3 Å². The first-order chi connectivity index (χ1) is 7.91. The Morgan fingerprint density at radius 3 is 2.35 bits per heavy atom. The van der Waals surface area contributed by atoms with E-state index in [1.54, 1.807) is 0 Å². The molecule has 94 valence electrons. The van der Waals surface area contributed by atoms with Gasteiger partial charge in [0.15, 0.2) is 0 Å². The van der Waals surface area contributed by atoms with E-state index in [1.165, 1.54) is 11.1 Å². The van der Waals surface area contributed by atoms with E-state index in [2.05, 4.69) is 57.3 Å². The molecule has 1 aliphatic carbocycles. The van der Waals surface area contributed by atoms with Gasteiger partial charge in [-0.25, -0.2) is 0 Å². The van der Waals surface area contributed by atoms with E-state index in [0.29, 0.717) is 12.1 Å². The van der Waals surface area contributed by atoms with Gasteiger partial charge in [-0.1, -0.05) is 43.7 Å². The zero-order chi connectivity index (χ0) is 12.6. The van der Waals surface area contributed by atoms with Crippen LogP contribution in [-0.4, -0.2) is 17.3 Å². The molecule has 2 nitrogen and oxygen atoms in total. The maximum atomic E-state index is 9.73. The van der Waals surface area contributed by atoms with Crippen LogP contribution in [0.2, 0.25) is 0 Å². The van der Waals surface area contributed by atoms with Gasteiger partial charge in [-0.3, -0.25) is 0 Å². The van der Waals surface area contributed by atoms with Gasteiger partial charge in [0.2, 0.25) is 0 Å². The summed E-state index contributed by atoms with van der Waals surface area (Å²) in [5.41, 5.74) is 2.60. The van der Waals surface area contributed by atoms with Crippen LogP contribution in [0.3, 0.4) is 0 Å². The van der Waals surface area contributed by atoms with E-state index in [9.17, 15) is 5.11 Å². The van der Waals surface area contributed by atoms with Crippen LogP contribution in [0.15, 0.2) is 24.3 Å². The van der Waals surface area contributed by atoms with Crippen molar-refractivity contribution in [2.24, 2.45) is 5.41 Å². The molecular weight excluding hydrogens is 210 g/mol. The minimum Gasteiger partial charge on any atom is -0.392 e. The Bertz CT molecular complexity index is 382. The normalized spacial score (nSPS) is 28.5. The highest BCUT2D eigenvalue weighted by Gasteiger charge is 2.47. The highest BCUT2D eigenvalue weighted by Crippen LogP contribution is 2.41. The van der Waals surface area contributed by atoms with Crippen molar-refractivity contribution in [3.8, 4) is 0 Å². The van der Waals surface area contributed by atoms with Gasteiger partial charge >= 0.3 is 0 Å². The van der Waals surface area contributed by atoms with Gasteiger partial charge in [0.1, 0.15) is 0 Å². The number of nitrogens with one attached hydrogen (secondary N) is 1. The standard InChI is InChI=1S/C15H23NO/c1-10-5-7-12(8-6-10)11(2)16-13-9-14(17)15(13,3)4/h5-8,11,13-14,16-17H,9H2,1-4H3/t11-,13?,14?/m0/s1. The zero-order valence-corrected chi connectivity index (χ0v) is 11.2. The fraction of sp³-hybridized carbons (Fsp3) is 0.600. The zero-order valence-electron chi connectivity index (χ0n) is 11.2. The number of hydrogen-bond acceptors (Lipinski definition) is 2. The molecular formula is C15H23NO. The Kier molecular flexibility index (Phi) is 3.28. The molecule has 0 aromatic heterocycles. The first kappa shape index (κ1) is 12.6. The lowest BCUT2D eigenvalue weighted by Crippen LogP contribution is -2.60. The molecule has 1 fully saturated rings. The van der Waals surface area contributed by atoms with Crippen molar-refractivity contribution in [1.82, 2.24) is 5.32 Å². The minimum absolute atomic E-state index is 0.00103. The van der Waals surface area contributed by atoms with Crippen molar-refractivity contribution in [3.05, 3.63) is 35.4 Å². The third-order valence-electron chi connectivity index (χ3n) is 4.24. The van der Waals surface area contributed by atoms with E-state index in [4.69, 9.17) is 0 Å².